The number of aromatic nitrogens is 1. The Hall–Kier alpha value is -1.84. The highest BCUT2D eigenvalue weighted by Gasteiger charge is 2.36. The number of amides is 1. The Morgan fingerprint density at radius 3 is 2.39 bits per heavy atom. The molecule has 1 heterocycles. The van der Waals surface area contributed by atoms with Crippen LogP contribution < -0.4 is 10.5 Å². The molecule has 1 amide bonds. The van der Waals surface area contributed by atoms with Gasteiger partial charge in [0, 0.05) is 6.20 Å². The fourth-order valence-corrected chi connectivity index (χ4v) is 1.71. The molecule has 0 aromatic carbocycles. The summed E-state index contributed by atoms with van der Waals surface area (Å²) in [5, 5.41) is 0. The SMILES string of the molecule is CS(=O)(=O)Nc1nccc(C(F)(F)F)c1C(N)=O. The van der Waals surface area contributed by atoms with Gasteiger partial charge in [0.15, 0.2) is 5.82 Å². The van der Waals surface area contributed by atoms with Gasteiger partial charge in [0.05, 0.1) is 17.4 Å². The largest absolute Gasteiger partial charge is 0.417 e. The summed E-state index contributed by atoms with van der Waals surface area (Å²) in [6, 6.07) is 0.535. The molecular weight excluding hydrogens is 275 g/mol. The summed E-state index contributed by atoms with van der Waals surface area (Å²) < 4.78 is 61.4. The number of carbonyl (C=O) groups is 1. The molecule has 100 valence electrons. The van der Waals surface area contributed by atoms with E-state index < -0.39 is 39.1 Å². The second-order valence-corrected chi connectivity index (χ2v) is 5.07. The number of nitrogens with two attached hydrogens (primary N) is 1. The molecule has 0 aliphatic carbocycles. The van der Waals surface area contributed by atoms with Gasteiger partial charge in [-0.2, -0.15) is 13.2 Å². The molecule has 1 aromatic rings. The second kappa shape index (κ2) is 4.44. The fourth-order valence-electron chi connectivity index (χ4n) is 1.20. The lowest BCUT2D eigenvalue weighted by molar-refractivity contribution is -0.137. The van der Waals surface area contributed by atoms with Crippen molar-refractivity contribution in [3.8, 4) is 0 Å². The van der Waals surface area contributed by atoms with Crippen LogP contribution in [0.3, 0.4) is 0 Å². The van der Waals surface area contributed by atoms with Crippen molar-refractivity contribution in [1.82, 2.24) is 4.98 Å². The number of nitrogens with one attached hydrogen (secondary N) is 1. The summed E-state index contributed by atoms with van der Waals surface area (Å²) in [4.78, 5) is 14.4. The molecule has 0 aliphatic rings. The Morgan fingerprint density at radius 2 is 2.00 bits per heavy atom. The predicted octanol–water partition coefficient (Wildman–Crippen LogP) is 0.571. The molecule has 18 heavy (non-hydrogen) atoms. The van der Waals surface area contributed by atoms with Crippen LogP contribution in [0.4, 0.5) is 19.0 Å². The van der Waals surface area contributed by atoms with Crippen molar-refractivity contribution in [2.75, 3.05) is 11.0 Å². The van der Waals surface area contributed by atoms with E-state index in [1.54, 1.807) is 4.72 Å². The number of primary amides is 1. The van der Waals surface area contributed by atoms with Crippen molar-refractivity contribution >= 4 is 21.7 Å². The molecule has 6 nitrogen and oxygen atoms in total. The van der Waals surface area contributed by atoms with E-state index in [4.69, 9.17) is 5.73 Å². The molecule has 0 aliphatic heterocycles. The van der Waals surface area contributed by atoms with Crippen LogP contribution in [-0.4, -0.2) is 25.6 Å². The predicted molar refractivity (Wildman–Crippen MR) is 56.2 cm³/mol. The van der Waals surface area contributed by atoms with Crippen molar-refractivity contribution in [1.29, 1.82) is 0 Å². The summed E-state index contributed by atoms with van der Waals surface area (Å²) in [6.07, 6.45) is -3.41. The minimum absolute atomic E-state index is 0.535. The van der Waals surface area contributed by atoms with E-state index in [0.29, 0.717) is 12.3 Å². The van der Waals surface area contributed by atoms with E-state index >= 15 is 0 Å². The molecule has 0 saturated heterocycles. The lowest BCUT2D eigenvalue weighted by Gasteiger charge is -2.13. The van der Waals surface area contributed by atoms with Crippen LogP contribution in [0, 0.1) is 0 Å². The maximum atomic E-state index is 12.6. The van der Waals surface area contributed by atoms with E-state index in [-0.39, 0.29) is 0 Å². The molecule has 0 spiro atoms. The molecule has 0 bridgehead atoms. The molecule has 0 saturated carbocycles. The first-order valence-electron chi connectivity index (χ1n) is 4.36. The van der Waals surface area contributed by atoms with Crippen LogP contribution in [-0.2, 0) is 16.2 Å². The number of carbonyl (C=O) groups excluding carboxylic acids is 1. The maximum absolute atomic E-state index is 12.6. The normalized spacial score (nSPS) is 12.2. The Balaban J connectivity index is 3.50. The second-order valence-electron chi connectivity index (χ2n) is 3.32. The van der Waals surface area contributed by atoms with Crippen molar-refractivity contribution in [3.05, 3.63) is 23.4 Å². The maximum Gasteiger partial charge on any atom is 0.417 e. The van der Waals surface area contributed by atoms with Crippen molar-refractivity contribution in [3.63, 3.8) is 0 Å². The smallest absolute Gasteiger partial charge is 0.365 e. The first-order valence-corrected chi connectivity index (χ1v) is 6.25. The van der Waals surface area contributed by atoms with Crippen molar-refractivity contribution in [2.45, 2.75) is 6.18 Å². The van der Waals surface area contributed by atoms with Gasteiger partial charge >= 0.3 is 6.18 Å². The summed E-state index contributed by atoms with van der Waals surface area (Å²) in [5.41, 5.74) is 2.45. The molecule has 10 heteroatoms. The Kier molecular flexibility index (Phi) is 3.51. The highest BCUT2D eigenvalue weighted by atomic mass is 32.2. The first-order chi connectivity index (χ1) is 8.02. The third-order valence-corrected chi connectivity index (χ3v) is 2.35. The minimum Gasteiger partial charge on any atom is -0.365 e. The lowest BCUT2D eigenvalue weighted by atomic mass is 10.1. The van der Waals surface area contributed by atoms with Gasteiger partial charge < -0.3 is 5.73 Å². The minimum atomic E-state index is -4.85. The van der Waals surface area contributed by atoms with E-state index in [9.17, 15) is 26.4 Å². The number of hydrogen-bond acceptors (Lipinski definition) is 4. The Bertz CT molecular complexity index is 583. The zero-order chi connectivity index (χ0) is 14.1. The zero-order valence-corrected chi connectivity index (χ0v) is 9.76. The molecular formula is C8H8F3N3O3S. The summed E-state index contributed by atoms with van der Waals surface area (Å²) >= 11 is 0. The quantitative estimate of drug-likeness (QED) is 0.846. The monoisotopic (exact) mass is 283 g/mol. The van der Waals surface area contributed by atoms with Gasteiger partial charge in [-0.05, 0) is 6.07 Å². The van der Waals surface area contributed by atoms with Gasteiger partial charge in [0.2, 0.25) is 10.0 Å². The zero-order valence-electron chi connectivity index (χ0n) is 8.95. The molecule has 0 atom stereocenters. The molecule has 3 N–H and O–H groups in total. The van der Waals surface area contributed by atoms with Crippen LogP contribution in [0.15, 0.2) is 12.3 Å². The van der Waals surface area contributed by atoms with Crippen LogP contribution >= 0.6 is 0 Å². The highest BCUT2D eigenvalue weighted by Crippen LogP contribution is 2.34. The summed E-state index contributed by atoms with van der Waals surface area (Å²) in [7, 11) is -3.88. The molecule has 1 rings (SSSR count). The summed E-state index contributed by atoms with van der Waals surface area (Å²) in [6.45, 7) is 0. The van der Waals surface area contributed by atoms with E-state index in [0.717, 1.165) is 6.20 Å². The van der Waals surface area contributed by atoms with Gasteiger partial charge in [-0.1, -0.05) is 0 Å². The number of hydrogen-bond donors (Lipinski definition) is 2. The first kappa shape index (κ1) is 14.2. The van der Waals surface area contributed by atoms with Gasteiger partial charge in [-0.25, -0.2) is 13.4 Å². The van der Waals surface area contributed by atoms with Gasteiger partial charge in [0.1, 0.15) is 0 Å². The van der Waals surface area contributed by atoms with Crippen LogP contribution in [0.5, 0.6) is 0 Å². The number of rotatable bonds is 3. The summed E-state index contributed by atoms with van der Waals surface area (Å²) in [5.74, 6) is -2.18. The number of anilines is 1. The van der Waals surface area contributed by atoms with Crippen molar-refractivity contribution < 1.29 is 26.4 Å². The van der Waals surface area contributed by atoms with Crippen LogP contribution in [0.25, 0.3) is 0 Å². The number of nitrogens with zero attached hydrogens (tertiary/aromatic N) is 1. The molecule has 0 radical (unpaired) electrons. The van der Waals surface area contributed by atoms with Crippen LogP contribution in [0.2, 0.25) is 0 Å². The average molecular weight is 283 g/mol. The number of halogens is 3. The number of alkyl halides is 3. The van der Waals surface area contributed by atoms with E-state index in [2.05, 4.69) is 4.98 Å². The van der Waals surface area contributed by atoms with Gasteiger partial charge in [0.25, 0.3) is 5.91 Å². The van der Waals surface area contributed by atoms with Gasteiger partial charge in [-0.3, -0.25) is 9.52 Å². The topological polar surface area (TPSA) is 102 Å². The highest BCUT2D eigenvalue weighted by molar-refractivity contribution is 7.92. The van der Waals surface area contributed by atoms with Crippen molar-refractivity contribution in [2.24, 2.45) is 5.73 Å². The molecule has 0 fully saturated rings. The third kappa shape index (κ3) is 3.32. The van der Waals surface area contributed by atoms with Crippen LogP contribution in [0.1, 0.15) is 15.9 Å². The van der Waals surface area contributed by atoms with Gasteiger partial charge in [-0.15, -0.1) is 0 Å². The third-order valence-electron chi connectivity index (χ3n) is 1.78. The van der Waals surface area contributed by atoms with E-state index in [1.807, 2.05) is 0 Å². The molecule has 1 aromatic heterocycles. The number of sulfonamides is 1. The fraction of sp³-hybridized carbons (Fsp3) is 0.250. The standard InChI is InChI=1S/C8H8F3N3O3S/c1-18(16,17)14-7-5(6(12)15)4(2-3-13-7)8(9,10)11/h2-3H,1H3,(H2,12,15)(H,13,14). The lowest BCUT2D eigenvalue weighted by Crippen LogP contribution is -2.23. The Labute approximate surface area is 100 Å². The Morgan fingerprint density at radius 1 is 1.44 bits per heavy atom. The van der Waals surface area contributed by atoms with E-state index in [1.165, 1.54) is 0 Å². The average Bonchev–Trinajstić information content (AvgIpc) is 2.12. The number of pyridine rings is 1. The molecule has 0 unspecified atom stereocenters.